The summed E-state index contributed by atoms with van der Waals surface area (Å²) in [6.07, 6.45) is 0.454. The molecule has 1 saturated heterocycles. The molecule has 1 fully saturated rings. The van der Waals surface area contributed by atoms with Crippen LogP contribution < -0.4 is 10.2 Å². The number of thiazole rings is 1. The predicted molar refractivity (Wildman–Crippen MR) is 97.3 cm³/mol. The second-order valence-corrected chi connectivity index (χ2v) is 7.19. The Labute approximate surface area is 154 Å². The minimum atomic E-state index is -1.10. The molecular weight excluding hydrogens is 354 g/mol. The summed E-state index contributed by atoms with van der Waals surface area (Å²) in [5, 5.41) is 13.5. The third-order valence-corrected chi connectivity index (χ3v) is 5.36. The van der Waals surface area contributed by atoms with Crippen LogP contribution in [0.5, 0.6) is 0 Å². The monoisotopic (exact) mass is 373 g/mol. The maximum absolute atomic E-state index is 12.6. The molecule has 2 heterocycles. The van der Waals surface area contributed by atoms with Crippen molar-refractivity contribution in [3.63, 3.8) is 0 Å². The van der Waals surface area contributed by atoms with Crippen molar-refractivity contribution in [3.05, 3.63) is 45.4 Å². The summed E-state index contributed by atoms with van der Waals surface area (Å²) in [6, 6.07) is 5.81. The SMILES string of the molecule is Cc1ccc(N2CCC(C(=O)NCc3nc(C(=O)O)cs3)C2=O)cc1C. The van der Waals surface area contributed by atoms with Crippen molar-refractivity contribution < 1.29 is 19.5 Å². The molecule has 2 N–H and O–H groups in total. The van der Waals surface area contributed by atoms with E-state index in [0.717, 1.165) is 28.2 Å². The van der Waals surface area contributed by atoms with Gasteiger partial charge in [0.1, 0.15) is 10.9 Å². The van der Waals surface area contributed by atoms with E-state index >= 15 is 0 Å². The molecule has 136 valence electrons. The van der Waals surface area contributed by atoms with Gasteiger partial charge < -0.3 is 15.3 Å². The van der Waals surface area contributed by atoms with E-state index in [9.17, 15) is 14.4 Å². The molecule has 0 spiro atoms. The topological polar surface area (TPSA) is 99.6 Å². The summed E-state index contributed by atoms with van der Waals surface area (Å²) in [7, 11) is 0. The number of hydrogen-bond acceptors (Lipinski definition) is 5. The number of amides is 2. The van der Waals surface area contributed by atoms with Crippen LogP contribution in [0.25, 0.3) is 0 Å². The summed E-state index contributed by atoms with van der Waals surface area (Å²) < 4.78 is 0. The van der Waals surface area contributed by atoms with Gasteiger partial charge in [-0.05, 0) is 43.5 Å². The summed E-state index contributed by atoms with van der Waals surface area (Å²) in [5.74, 6) is -2.39. The maximum Gasteiger partial charge on any atom is 0.355 e. The van der Waals surface area contributed by atoms with Gasteiger partial charge in [-0.15, -0.1) is 11.3 Å². The lowest BCUT2D eigenvalue weighted by molar-refractivity contribution is -0.132. The van der Waals surface area contributed by atoms with Crippen molar-refractivity contribution in [2.45, 2.75) is 26.8 Å². The number of anilines is 1. The van der Waals surface area contributed by atoms with Crippen LogP contribution in [0.4, 0.5) is 5.69 Å². The molecule has 1 aromatic heterocycles. The van der Waals surface area contributed by atoms with E-state index < -0.39 is 11.9 Å². The maximum atomic E-state index is 12.6. The smallest absolute Gasteiger partial charge is 0.355 e. The minimum Gasteiger partial charge on any atom is -0.476 e. The van der Waals surface area contributed by atoms with Crippen LogP contribution in [0, 0.1) is 19.8 Å². The van der Waals surface area contributed by atoms with Crippen LogP contribution in [0.3, 0.4) is 0 Å². The quantitative estimate of drug-likeness (QED) is 0.782. The fourth-order valence-electron chi connectivity index (χ4n) is 2.85. The largest absolute Gasteiger partial charge is 0.476 e. The lowest BCUT2D eigenvalue weighted by Gasteiger charge is -2.18. The van der Waals surface area contributed by atoms with Gasteiger partial charge in [0.25, 0.3) is 0 Å². The molecule has 8 heteroatoms. The number of carbonyl (C=O) groups is 3. The molecule has 26 heavy (non-hydrogen) atoms. The van der Waals surface area contributed by atoms with Gasteiger partial charge in [-0.2, -0.15) is 0 Å². The molecule has 1 unspecified atom stereocenters. The molecule has 3 rings (SSSR count). The molecule has 1 atom stereocenters. The number of carboxylic acid groups (broad SMARTS) is 1. The number of nitrogens with one attached hydrogen (secondary N) is 1. The van der Waals surface area contributed by atoms with E-state index in [4.69, 9.17) is 5.11 Å². The first kappa shape index (κ1) is 18.1. The third kappa shape index (κ3) is 3.60. The van der Waals surface area contributed by atoms with E-state index in [2.05, 4.69) is 10.3 Å². The summed E-state index contributed by atoms with van der Waals surface area (Å²) in [4.78, 5) is 41.4. The molecule has 0 radical (unpaired) electrons. The molecule has 0 bridgehead atoms. The molecule has 0 aliphatic carbocycles. The summed E-state index contributed by atoms with van der Waals surface area (Å²) in [6.45, 7) is 4.61. The van der Waals surface area contributed by atoms with E-state index in [1.54, 1.807) is 4.90 Å². The number of carboxylic acids is 1. The zero-order valence-corrected chi connectivity index (χ0v) is 15.3. The third-order valence-electron chi connectivity index (χ3n) is 4.51. The fraction of sp³-hybridized carbons (Fsp3) is 0.333. The number of aryl methyl sites for hydroxylation is 2. The first-order valence-electron chi connectivity index (χ1n) is 8.21. The Balaban J connectivity index is 1.62. The van der Waals surface area contributed by atoms with Crippen molar-refractivity contribution in [3.8, 4) is 0 Å². The van der Waals surface area contributed by atoms with Crippen LogP contribution in [0.15, 0.2) is 23.6 Å². The van der Waals surface area contributed by atoms with E-state index in [1.165, 1.54) is 5.38 Å². The molecule has 1 aliphatic heterocycles. The number of carbonyl (C=O) groups excluding carboxylic acids is 2. The van der Waals surface area contributed by atoms with Crippen molar-refractivity contribution in [2.75, 3.05) is 11.4 Å². The second-order valence-electron chi connectivity index (χ2n) is 6.25. The standard InChI is InChI=1S/C18H19N3O4S/c1-10-3-4-12(7-11(10)2)21-6-5-13(17(21)23)16(22)19-8-15-20-14(9-26-15)18(24)25/h3-4,7,9,13H,5-6,8H2,1-2H3,(H,19,22)(H,24,25). The highest BCUT2D eigenvalue weighted by Gasteiger charge is 2.37. The predicted octanol–water partition coefficient (Wildman–Crippen LogP) is 2.13. The number of rotatable bonds is 5. The van der Waals surface area contributed by atoms with Gasteiger partial charge in [0.2, 0.25) is 11.8 Å². The van der Waals surface area contributed by atoms with Crippen molar-refractivity contribution in [2.24, 2.45) is 5.92 Å². The van der Waals surface area contributed by atoms with Crippen LogP contribution in [-0.4, -0.2) is 34.4 Å². The Kier molecular flexibility index (Phi) is 5.03. The van der Waals surface area contributed by atoms with Gasteiger partial charge in [-0.25, -0.2) is 9.78 Å². The highest BCUT2D eigenvalue weighted by molar-refractivity contribution is 7.09. The number of hydrogen-bond donors (Lipinski definition) is 2. The molecule has 2 amide bonds. The number of aromatic carboxylic acids is 1. The zero-order chi connectivity index (χ0) is 18.8. The van der Waals surface area contributed by atoms with Gasteiger partial charge in [0.15, 0.2) is 5.69 Å². The Morgan fingerprint density at radius 1 is 1.35 bits per heavy atom. The normalized spacial score (nSPS) is 16.8. The number of aromatic nitrogens is 1. The fourth-order valence-corrected chi connectivity index (χ4v) is 3.56. The van der Waals surface area contributed by atoms with Gasteiger partial charge in [0.05, 0.1) is 6.54 Å². The second kappa shape index (κ2) is 7.25. The van der Waals surface area contributed by atoms with Crippen LogP contribution in [0.2, 0.25) is 0 Å². The number of nitrogens with zero attached hydrogens (tertiary/aromatic N) is 2. The highest BCUT2D eigenvalue weighted by atomic mass is 32.1. The highest BCUT2D eigenvalue weighted by Crippen LogP contribution is 2.27. The lowest BCUT2D eigenvalue weighted by atomic mass is 10.1. The first-order valence-corrected chi connectivity index (χ1v) is 9.09. The van der Waals surface area contributed by atoms with Gasteiger partial charge in [-0.1, -0.05) is 6.07 Å². The van der Waals surface area contributed by atoms with E-state index in [1.807, 2.05) is 32.0 Å². The number of benzene rings is 1. The minimum absolute atomic E-state index is 0.0443. The average Bonchev–Trinajstić information content (AvgIpc) is 3.22. The van der Waals surface area contributed by atoms with E-state index in [-0.39, 0.29) is 24.1 Å². The van der Waals surface area contributed by atoms with Crippen molar-refractivity contribution >= 4 is 34.8 Å². The van der Waals surface area contributed by atoms with Gasteiger partial charge in [0, 0.05) is 17.6 Å². The Morgan fingerprint density at radius 2 is 2.12 bits per heavy atom. The van der Waals surface area contributed by atoms with Crippen LogP contribution in [-0.2, 0) is 16.1 Å². The molecule has 2 aromatic rings. The molecular formula is C18H19N3O4S. The molecule has 0 saturated carbocycles. The van der Waals surface area contributed by atoms with Crippen LogP contribution >= 0.6 is 11.3 Å². The lowest BCUT2D eigenvalue weighted by Crippen LogP contribution is -2.36. The van der Waals surface area contributed by atoms with Crippen LogP contribution in [0.1, 0.15) is 33.0 Å². The molecule has 7 nitrogen and oxygen atoms in total. The molecule has 1 aliphatic rings. The van der Waals surface area contributed by atoms with E-state index in [0.29, 0.717) is 18.0 Å². The van der Waals surface area contributed by atoms with Gasteiger partial charge in [-0.3, -0.25) is 9.59 Å². The van der Waals surface area contributed by atoms with Crippen molar-refractivity contribution in [1.82, 2.24) is 10.3 Å². The van der Waals surface area contributed by atoms with Crippen molar-refractivity contribution in [1.29, 1.82) is 0 Å². The summed E-state index contributed by atoms with van der Waals surface area (Å²) in [5.41, 5.74) is 3.01. The molecule has 1 aromatic carbocycles. The average molecular weight is 373 g/mol. The zero-order valence-electron chi connectivity index (χ0n) is 14.5. The Bertz CT molecular complexity index is 877. The van der Waals surface area contributed by atoms with Gasteiger partial charge >= 0.3 is 5.97 Å². The Morgan fingerprint density at radius 3 is 2.77 bits per heavy atom. The first-order chi connectivity index (χ1) is 12.4. The summed E-state index contributed by atoms with van der Waals surface area (Å²) >= 11 is 1.16. The Hall–Kier alpha value is -2.74.